The molecule has 16 heavy (non-hydrogen) atoms. The molecule has 1 nitrogen and oxygen atoms in total. The second kappa shape index (κ2) is 5.01. The van der Waals surface area contributed by atoms with Gasteiger partial charge in [0.25, 0.3) is 0 Å². The van der Waals surface area contributed by atoms with Crippen LogP contribution in [0.15, 0.2) is 30.3 Å². The monoisotopic (exact) mass is 217 g/mol. The van der Waals surface area contributed by atoms with Crippen LogP contribution in [0.2, 0.25) is 0 Å². The molecule has 0 N–H and O–H groups in total. The second-order valence-corrected chi connectivity index (χ2v) is 5.43. The highest BCUT2D eigenvalue weighted by Crippen LogP contribution is 2.34. The molecule has 0 amide bonds. The summed E-state index contributed by atoms with van der Waals surface area (Å²) in [6.07, 6.45) is 4.04. The van der Waals surface area contributed by atoms with Crippen LogP contribution in [0, 0.1) is 5.41 Å². The van der Waals surface area contributed by atoms with Crippen molar-refractivity contribution < 1.29 is 0 Å². The number of hydrogen-bond acceptors (Lipinski definition) is 1. The fourth-order valence-electron chi connectivity index (χ4n) is 2.45. The van der Waals surface area contributed by atoms with E-state index in [9.17, 15) is 0 Å². The summed E-state index contributed by atoms with van der Waals surface area (Å²) in [7, 11) is 0. The molecule has 1 saturated heterocycles. The quantitative estimate of drug-likeness (QED) is 0.746. The third-order valence-corrected chi connectivity index (χ3v) is 4.17. The lowest BCUT2D eigenvalue weighted by molar-refractivity contribution is 0.109. The van der Waals surface area contributed by atoms with Crippen LogP contribution in [-0.4, -0.2) is 18.0 Å². The molecule has 1 aromatic carbocycles. The minimum Gasteiger partial charge on any atom is -0.299 e. The molecule has 1 aliphatic heterocycles. The number of piperidine rings is 1. The third-order valence-electron chi connectivity index (χ3n) is 4.17. The fourth-order valence-corrected chi connectivity index (χ4v) is 2.45. The van der Waals surface area contributed by atoms with E-state index in [-0.39, 0.29) is 0 Å². The van der Waals surface area contributed by atoms with Gasteiger partial charge in [-0.3, -0.25) is 4.90 Å². The van der Waals surface area contributed by atoms with E-state index in [0.29, 0.717) is 5.41 Å². The lowest BCUT2D eigenvalue weighted by Gasteiger charge is -2.38. The highest BCUT2D eigenvalue weighted by Gasteiger charge is 2.27. The minimum atomic E-state index is 0.604. The second-order valence-electron chi connectivity index (χ2n) is 5.43. The third kappa shape index (κ3) is 2.85. The highest BCUT2D eigenvalue weighted by molar-refractivity contribution is 5.14. The van der Waals surface area contributed by atoms with Crippen molar-refractivity contribution in [2.75, 3.05) is 13.1 Å². The van der Waals surface area contributed by atoms with E-state index in [0.717, 1.165) is 6.54 Å². The predicted octanol–water partition coefficient (Wildman–Crippen LogP) is 3.70. The molecule has 88 valence electrons. The average molecular weight is 217 g/mol. The van der Waals surface area contributed by atoms with Gasteiger partial charge in [-0.2, -0.15) is 0 Å². The van der Waals surface area contributed by atoms with Crippen LogP contribution in [0.1, 0.15) is 38.7 Å². The van der Waals surface area contributed by atoms with Crippen LogP contribution in [0.4, 0.5) is 0 Å². The summed E-state index contributed by atoms with van der Waals surface area (Å²) in [4.78, 5) is 2.59. The summed E-state index contributed by atoms with van der Waals surface area (Å²) in [6.45, 7) is 8.42. The molecule has 0 aliphatic carbocycles. The zero-order chi connectivity index (χ0) is 11.4. The van der Waals surface area contributed by atoms with Crippen LogP contribution < -0.4 is 0 Å². The van der Waals surface area contributed by atoms with Gasteiger partial charge in [0.1, 0.15) is 0 Å². The topological polar surface area (TPSA) is 3.24 Å². The summed E-state index contributed by atoms with van der Waals surface area (Å²) in [5, 5.41) is 0. The van der Waals surface area contributed by atoms with E-state index in [1.54, 1.807) is 0 Å². The summed E-state index contributed by atoms with van der Waals surface area (Å²) in [6, 6.07) is 10.8. The normalized spacial score (nSPS) is 20.9. The number of benzene rings is 1. The summed E-state index contributed by atoms with van der Waals surface area (Å²) in [5.41, 5.74) is 2.05. The SMILES string of the molecule is CCC1(C)CCN(Cc2ccccc2)CC1. The first-order valence-corrected chi connectivity index (χ1v) is 6.48. The summed E-state index contributed by atoms with van der Waals surface area (Å²) in [5.74, 6) is 0. The van der Waals surface area contributed by atoms with Crippen molar-refractivity contribution in [3.8, 4) is 0 Å². The lowest BCUT2D eigenvalue weighted by atomic mass is 9.78. The highest BCUT2D eigenvalue weighted by atomic mass is 15.1. The molecule has 0 spiro atoms. The van der Waals surface area contributed by atoms with E-state index >= 15 is 0 Å². The van der Waals surface area contributed by atoms with E-state index in [1.165, 1.54) is 37.9 Å². The first-order valence-electron chi connectivity index (χ1n) is 6.48. The Labute approximate surface area is 99.5 Å². The Bertz CT molecular complexity index is 309. The molecular weight excluding hydrogens is 194 g/mol. The van der Waals surface area contributed by atoms with Gasteiger partial charge < -0.3 is 0 Å². The van der Waals surface area contributed by atoms with E-state index in [1.807, 2.05) is 0 Å². The Hall–Kier alpha value is -0.820. The molecule has 2 rings (SSSR count). The number of hydrogen-bond donors (Lipinski definition) is 0. The number of likely N-dealkylation sites (tertiary alicyclic amines) is 1. The Morgan fingerprint density at radius 1 is 1.12 bits per heavy atom. The Balaban J connectivity index is 1.86. The van der Waals surface area contributed by atoms with Crippen LogP contribution in [0.3, 0.4) is 0 Å². The molecule has 1 aliphatic rings. The van der Waals surface area contributed by atoms with Gasteiger partial charge in [-0.25, -0.2) is 0 Å². The van der Waals surface area contributed by atoms with Crippen LogP contribution >= 0.6 is 0 Å². The zero-order valence-electron chi connectivity index (χ0n) is 10.6. The van der Waals surface area contributed by atoms with Gasteiger partial charge >= 0.3 is 0 Å². The first kappa shape index (κ1) is 11.7. The number of nitrogens with zero attached hydrogens (tertiary/aromatic N) is 1. The van der Waals surface area contributed by atoms with Crippen molar-refractivity contribution in [2.24, 2.45) is 5.41 Å². The van der Waals surface area contributed by atoms with Crippen molar-refractivity contribution in [2.45, 2.75) is 39.7 Å². The molecule has 0 saturated carbocycles. The van der Waals surface area contributed by atoms with Gasteiger partial charge in [0.05, 0.1) is 0 Å². The van der Waals surface area contributed by atoms with Crippen molar-refractivity contribution >= 4 is 0 Å². The van der Waals surface area contributed by atoms with Gasteiger partial charge in [0, 0.05) is 6.54 Å². The molecule has 0 unspecified atom stereocenters. The van der Waals surface area contributed by atoms with E-state index < -0.39 is 0 Å². The van der Waals surface area contributed by atoms with Gasteiger partial charge in [-0.05, 0) is 36.9 Å². The maximum absolute atomic E-state index is 2.59. The molecule has 0 atom stereocenters. The summed E-state index contributed by atoms with van der Waals surface area (Å²) >= 11 is 0. The van der Waals surface area contributed by atoms with Crippen LogP contribution in [0.25, 0.3) is 0 Å². The van der Waals surface area contributed by atoms with Crippen molar-refractivity contribution in [3.05, 3.63) is 35.9 Å². The van der Waals surface area contributed by atoms with Crippen molar-refractivity contribution in [1.82, 2.24) is 4.90 Å². The summed E-state index contributed by atoms with van der Waals surface area (Å²) < 4.78 is 0. The molecule has 0 bridgehead atoms. The maximum Gasteiger partial charge on any atom is 0.0233 e. The first-order chi connectivity index (χ1) is 7.72. The van der Waals surface area contributed by atoms with Gasteiger partial charge in [0.2, 0.25) is 0 Å². The largest absolute Gasteiger partial charge is 0.299 e. The minimum absolute atomic E-state index is 0.604. The van der Waals surface area contributed by atoms with Crippen LogP contribution in [0.5, 0.6) is 0 Å². The van der Waals surface area contributed by atoms with Crippen molar-refractivity contribution in [3.63, 3.8) is 0 Å². The molecule has 0 radical (unpaired) electrons. The Morgan fingerprint density at radius 2 is 1.75 bits per heavy atom. The molecule has 1 heteroatoms. The smallest absolute Gasteiger partial charge is 0.0233 e. The number of rotatable bonds is 3. The predicted molar refractivity (Wildman–Crippen MR) is 69.4 cm³/mol. The molecule has 1 heterocycles. The standard InChI is InChI=1S/C15H23N/c1-3-15(2)9-11-16(12-10-15)13-14-7-5-4-6-8-14/h4-8H,3,9-13H2,1-2H3. The fraction of sp³-hybridized carbons (Fsp3) is 0.600. The zero-order valence-corrected chi connectivity index (χ0v) is 10.6. The molecular formula is C15H23N. The average Bonchev–Trinajstić information content (AvgIpc) is 2.34. The van der Waals surface area contributed by atoms with E-state index in [2.05, 4.69) is 49.1 Å². The Kier molecular flexibility index (Phi) is 3.65. The van der Waals surface area contributed by atoms with Gasteiger partial charge in [-0.1, -0.05) is 50.6 Å². The van der Waals surface area contributed by atoms with Crippen LogP contribution in [-0.2, 0) is 6.54 Å². The molecule has 0 aromatic heterocycles. The van der Waals surface area contributed by atoms with Gasteiger partial charge in [-0.15, -0.1) is 0 Å². The van der Waals surface area contributed by atoms with Gasteiger partial charge in [0.15, 0.2) is 0 Å². The van der Waals surface area contributed by atoms with Crippen molar-refractivity contribution in [1.29, 1.82) is 0 Å². The Morgan fingerprint density at radius 3 is 2.31 bits per heavy atom. The maximum atomic E-state index is 2.59. The lowest BCUT2D eigenvalue weighted by Crippen LogP contribution is -2.37. The van der Waals surface area contributed by atoms with E-state index in [4.69, 9.17) is 0 Å². The molecule has 1 fully saturated rings. The molecule has 1 aromatic rings.